The molecule has 1 amide bonds. The molecule has 102 valence electrons. The molecule has 0 fully saturated rings. The number of pyridine rings is 1. The molecule has 0 aromatic carbocycles. The van der Waals surface area contributed by atoms with Gasteiger partial charge in [-0.2, -0.15) is 0 Å². The van der Waals surface area contributed by atoms with E-state index in [0.29, 0.717) is 28.1 Å². The van der Waals surface area contributed by atoms with Crippen molar-refractivity contribution in [3.05, 3.63) is 23.0 Å². The Morgan fingerprint density at radius 3 is 2.84 bits per heavy atom. The molecule has 0 saturated carbocycles. The molecule has 6 nitrogen and oxygen atoms in total. The lowest BCUT2D eigenvalue weighted by Gasteiger charge is -2.19. The Bertz CT molecular complexity index is 619. The first kappa shape index (κ1) is 13.5. The van der Waals surface area contributed by atoms with Gasteiger partial charge in [-0.1, -0.05) is 5.16 Å². The van der Waals surface area contributed by atoms with Gasteiger partial charge in [-0.15, -0.1) is 0 Å². The second-order valence-corrected chi connectivity index (χ2v) is 4.79. The summed E-state index contributed by atoms with van der Waals surface area (Å²) in [5, 5.41) is 13.8. The van der Waals surface area contributed by atoms with Crippen LogP contribution in [0.3, 0.4) is 0 Å². The number of nitrogens with zero attached hydrogens (tertiary/aromatic N) is 3. The van der Waals surface area contributed by atoms with Crippen molar-refractivity contribution in [2.24, 2.45) is 0 Å². The predicted octanol–water partition coefficient (Wildman–Crippen LogP) is 1.29. The fourth-order valence-electron chi connectivity index (χ4n) is 2.07. The molecule has 1 N–H and O–H groups in total. The summed E-state index contributed by atoms with van der Waals surface area (Å²) >= 11 is 0. The maximum Gasteiger partial charge on any atom is 0.258 e. The summed E-state index contributed by atoms with van der Waals surface area (Å²) in [4.78, 5) is 18.1. The van der Waals surface area contributed by atoms with E-state index in [9.17, 15) is 9.90 Å². The van der Waals surface area contributed by atoms with E-state index >= 15 is 0 Å². The highest BCUT2D eigenvalue weighted by Gasteiger charge is 2.21. The zero-order valence-electron chi connectivity index (χ0n) is 11.5. The van der Waals surface area contributed by atoms with Gasteiger partial charge in [0.1, 0.15) is 0 Å². The number of likely N-dealkylation sites (N-methyl/N-ethyl adjacent to an activating group) is 1. The molecule has 0 radical (unpaired) electrons. The van der Waals surface area contributed by atoms with Crippen molar-refractivity contribution in [2.45, 2.75) is 26.9 Å². The number of aromatic nitrogens is 2. The fraction of sp³-hybridized carbons (Fsp3) is 0.462. The summed E-state index contributed by atoms with van der Waals surface area (Å²) in [6.07, 6.45) is -0.573. The third-order valence-electron chi connectivity index (χ3n) is 2.86. The molecule has 0 aliphatic heterocycles. The Kier molecular flexibility index (Phi) is 3.53. The lowest BCUT2D eigenvalue weighted by molar-refractivity contribution is 0.0705. The number of carbonyl (C=O) groups is 1. The molecule has 2 heterocycles. The molecule has 19 heavy (non-hydrogen) atoms. The third kappa shape index (κ3) is 2.58. The Hall–Kier alpha value is -1.95. The van der Waals surface area contributed by atoms with E-state index in [4.69, 9.17) is 4.52 Å². The van der Waals surface area contributed by atoms with E-state index in [2.05, 4.69) is 10.1 Å². The van der Waals surface area contributed by atoms with Crippen LogP contribution in [-0.2, 0) is 0 Å². The summed E-state index contributed by atoms with van der Waals surface area (Å²) in [6.45, 7) is 5.48. The second-order valence-electron chi connectivity index (χ2n) is 4.79. The lowest BCUT2D eigenvalue weighted by atomic mass is 10.1. The number of aliphatic hydroxyl groups excluding tert-OH is 1. The predicted molar refractivity (Wildman–Crippen MR) is 69.9 cm³/mol. The van der Waals surface area contributed by atoms with Crippen LogP contribution in [0.15, 0.2) is 10.6 Å². The van der Waals surface area contributed by atoms with Gasteiger partial charge in [-0.05, 0) is 26.8 Å². The largest absolute Gasteiger partial charge is 0.392 e. The maximum absolute atomic E-state index is 12.4. The van der Waals surface area contributed by atoms with Crippen LogP contribution in [0, 0.1) is 13.8 Å². The van der Waals surface area contributed by atoms with Crippen molar-refractivity contribution in [3.8, 4) is 0 Å². The standard InChI is InChI=1S/C13H17N3O3/c1-7-5-10(13(18)16(4)6-8(2)17)11-9(3)15-19-12(11)14-7/h5,8,17H,6H2,1-4H3. The van der Waals surface area contributed by atoms with Gasteiger partial charge >= 0.3 is 0 Å². The molecule has 1 unspecified atom stereocenters. The zero-order valence-corrected chi connectivity index (χ0v) is 11.5. The first-order valence-electron chi connectivity index (χ1n) is 6.07. The van der Waals surface area contributed by atoms with Crippen LogP contribution in [0.4, 0.5) is 0 Å². The first-order chi connectivity index (χ1) is 8.90. The summed E-state index contributed by atoms with van der Waals surface area (Å²) < 4.78 is 5.10. The van der Waals surface area contributed by atoms with E-state index in [1.165, 1.54) is 4.90 Å². The van der Waals surface area contributed by atoms with Gasteiger partial charge in [0.2, 0.25) is 0 Å². The highest BCUT2D eigenvalue weighted by atomic mass is 16.5. The topological polar surface area (TPSA) is 79.5 Å². The average molecular weight is 263 g/mol. The quantitative estimate of drug-likeness (QED) is 0.902. The van der Waals surface area contributed by atoms with Crippen molar-refractivity contribution in [1.82, 2.24) is 15.0 Å². The minimum absolute atomic E-state index is 0.178. The van der Waals surface area contributed by atoms with E-state index < -0.39 is 6.10 Å². The summed E-state index contributed by atoms with van der Waals surface area (Å²) in [5.41, 5.74) is 2.20. The van der Waals surface area contributed by atoms with E-state index in [0.717, 1.165) is 0 Å². The number of hydrogen-bond donors (Lipinski definition) is 1. The molecule has 2 rings (SSSR count). The normalized spacial score (nSPS) is 12.7. The molecule has 0 saturated heterocycles. The highest BCUT2D eigenvalue weighted by Crippen LogP contribution is 2.22. The number of carbonyl (C=O) groups excluding carboxylic acids is 1. The average Bonchev–Trinajstić information content (AvgIpc) is 2.68. The number of aryl methyl sites for hydroxylation is 2. The molecule has 0 aliphatic rings. The molecule has 2 aromatic heterocycles. The van der Waals surface area contributed by atoms with Crippen molar-refractivity contribution >= 4 is 17.0 Å². The smallest absolute Gasteiger partial charge is 0.258 e. The molecule has 0 spiro atoms. The monoisotopic (exact) mass is 263 g/mol. The first-order valence-corrected chi connectivity index (χ1v) is 6.07. The van der Waals surface area contributed by atoms with Crippen molar-refractivity contribution < 1.29 is 14.4 Å². The zero-order chi connectivity index (χ0) is 14.2. The minimum atomic E-state index is -0.573. The Morgan fingerprint density at radius 2 is 2.21 bits per heavy atom. The lowest BCUT2D eigenvalue weighted by Crippen LogP contribution is -2.33. The van der Waals surface area contributed by atoms with Crippen molar-refractivity contribution in [1.29, 1.82) is 0 Å². The highest BCUT2D eigenvalue weighted by molar-refractivity contribution is 6.05. The van der Waals surface area contributed by atoms with Gasteiger partial charge in [0.15, 0.2) is 0 Å². The second kappa shape index (κ2) is 4.97. The molecular weight excluding hydrogens is 246 g/mol. The number of fused-ring (bicyclic) bond motifs is 1. The van der Waals surface area contributed by atoms with Gasteiger partial charge in [0.05, 0.1) is 22.7 Å². The number of hydrogen-bond acceptors (Lipinski definition) is 5. The van der Waals surface area contributed by atoms with Gasteiger partial charge < -0.3 is 14.5 Å². The van der Waals surface area contributed by atoms with Crippen LogP contribution in [0.25, 0.3) is 11.1 Å². The number of amides is 1. The van der Waals surface area contributed by atoms with Crippen molar-refractivity contribution in [2.75, 3.05) is 13.6 Å². The minimum Gasteiger partial charge on any atom is -0.392 e. The molecule has 0 aliphatic carbocycles. The Balaban J connectivity index is 2.49. The van der Waals surface area contributed by atoms with Gasteiger partial charge in [-0.25, -0.2) is 4.98 Å². The van der Waals surface area contributed by atoms with Crippen LogP contribution in [-0.4, -0.2) is 45.8 Å². The van der Waals surface area contributed by atoms with Gasteiger partial charge in [0, 0.05) is 19.3 Å². The van der Waals surface area contributed by atoms with Gasteiger partial charge in [0.25, 0.3) is 11.6 Å². The summed E-state index contributed by atoms with van der Waals surface area (Å²) in [5.74, 6) is -0.178. The van der Waals surface area contributed by atoms with E-state index in [1.807, 2.05) is 0 Å². The van der Waals surface area contributed by atoms with Crippen LogP contribution in [0.1, 0.15) is 28.7 Å². The molecule has 6 heteroatoms. The Labute approximate surface area is 111 Å². The van der Waals surface area contributed by atoms with E-state index in [1.54, 1.807) is 33.9 Å². The molecule has 0 bridgehead atoms. The maximum atomic E-state index is 12.4. The molecule has 2 aromatic rings. The SMILES string of the molecule is Cc1cc(C(=O)N(C)CC(C)O)c2c(C)noc2n1. The van der Waals surface area contributed by atoms with Crippen LogP contribution in [0.2, 0.25) is 0 Å². The van der Waals surface area contributed by atoms with Gasteiger partial charge in [-0.3, -0.25) is 4.79 Å². The summed E-state index contributed by atoms with van der Waals surface area (Å²) in [7, 11) is 1.65. The van der Waals surface area contributed by atoms with Crippen molar-refractivity contribution in [3.63, 3.8) is 0 Å². The molecule has 1 atom stereocenters. The van der Waals surface area contributed by atoms with Crippen LogP contribution < -0.4 is 0 Å². The van der Waals surface area contributed by atoms with E-state index in [-0.39, 0.29) is 12.5 Å². The van der Waals surface area contributed by atoms with Crippen LogP contribution in [0.5, 0.6) is 0 Å². The number of rotatable bonds is 3. The Morgan fingerprint density at radius 1 is 1.53 bits per heavy atom. The number of aliphatic hydroxyl groups is 1. The van der Waals surface area contributed by atoms with Crippen LogP contribution >= 0.6 is 0 Å². The molecular formula is C13H17N3O3. The third-order valence-corrected chi connectivity index (χ3v) is 2.86. The fourth-order valence-corrected chi connectivity index (χ4v) is 2.07. The summed E-state index contributed by atoms with van der Waals surface area (Å²) in [6, 6.07) is 1.72.